The normalized spacial score (nSPS) is 16.7. The number of aromatic nitrogens is 1. The molecule has 1 aromatic heterocycles. The summed E-state index contributed by atoms with van der Waals surface area (Å²) >= 11 is 0. The number of hydrogen-bond acceptors (Lipinski definition) is 3. The van der Waals surface area contributed by atoms with Gasteiger partial charge >= 0.3 is 0 Å². The van der Waals surface area contributed by atoms with E-state index in [2.05, 4.69) is 29.3 Å². The fraction of sp³-hybridized carbons (Fsp3) is 0.400. The third-order valence-corrected chi connectivity index (χ3v) is 4.93. The van der Waals surface area contributed by atoms with Gasteiger partial charge in [0.25, 0.3) is 5.91 Å². The smallest absolute Gasteiger partial charge is 0.270 e. The Balaban J connectivity index is 1.51. The Kier molecular flexibility index (Phi) is 5.73. The fourth-order valence-corrected chi connectivity index (χ4v) is 3.30. The number of likely N-dealkylation sites (N-methyl/N-ethyl adjacent to an activating group) is 2. The van der Waals surface area contributed by atoms with E-state index in [1.165, 1.54) is 10.5 Å². The Morgan fingerprint density at radius 1 is 1.23 bits per heavy atom. The van der Waals surface area contributed by atoms with Crippen molar-refractivity contribution in [2.75, 3.05) is 26.7 Å². The van der Waals surface area contributed by atoms with E-state index in [0.29, 0.717) is 18.8 Å². The number of fused-ring (bicyclic) bond motifs is 1. The highest BCUT2D eigenvalue weighted by molar-refractivity contribution is 5.97. The molecule has 1 unspecified atom stereocenters. The highest BCUT2D eigenvalue weighted by Gasteiger charge is 2.33. The fourth-order valence-electron chi connectivity index (χ4n) is 3.30. The van der Waals surface area contributed by atoms with Gasteiger partial charge in [-0.25, -0.2) is 0 Å². The third-order valence-electron chi connectivity index (χ3n) is 4.93. The van der Waals surface area contributed by atoms with Crippen LogP contribution in [0.3, 0.4) is 0 Å². The first-order chi connectivity index (χ1) is 12.6. The quantitative estimate of drug-likeness (QED) is 0.821. The van der Waals surface area contributed by atoms with Crippen molar-refractivity contribution in [2.24, 2.45) is 0 Å². The van der Waals surface area contributed by atoms with E-state index in [-0.39, 0.29) is 11.8 Å². The van der Waals surface area contributed by atoms with Crippen molar-refractivity contribution in [3.05, 3.63) is 59.9 Å². The number of hydrogen-bond donors (Lipinski definition) is 1. The molecule has 0 saturated carbocycles. The van der Waals surface area contributed by atoms with Crippen LogP contribution in [-0.2, 0) is 17.9 Å². The summed E-state index contributed by atoms with van der Waals surface area (Å²) in [6.07, 6.45) is 1.85. The van der Waals surface area contributed by atoms with E-state index >= 15 is 0 Å². The van der Waals surface area contributed by atoms with Crippen LogP contribution < -0.4 is 5.32 Å². The van der Waals surface area contributed by atoms with Gasteiger partial charge in [0.1, 0.15) is 11.7 Å². The molecular formula is C20H26N4O2. The summed E-state index contributed by atoms with van der Waals surface area (Å²) in [5.41, 5.74) is 1.90. The molecule has 2 heterocycles. The van der Waals surface area contributed by atoms with Crippen molar-refractivity contribution in [1.82, 2.24) is 19.7 Å². The lowest BCUT2D eigenvalue weighted by Crippen LogP contribution is -2.54. The van der Waals surface area contributed by atoms with E-state index in [0.717, 1.165) is 19.6 Å². The minimum atomic E-state index is -0.466. The first-order valence-electron chi connectivity index (χ1n) is 9.06. The van der Waals surface area contributed by atoms with Gasteiger partial charge in [-0.3, -0.25) is 14.5 Å². The molecule has 26 heavy (non-hydrogen) atoms. The zero-order chi connectivity index (χ0) is 18.5. The summed E-state index contributed by atoms with van der Waals surface area (Å²) in [6, 6.07) is 13.5. The SMILES string of the molecule is CCN(CCNC(=O)C1Cn2cccc2C(=O)N1C)Cc1ccccc1. The van der Waals surface area contributed by atoms with Crippen LogP contribution in [0.5, 0.6) is 0 Å². The summed E-state index contributed by atoms with van der Waals surface area (Å²) in [4.78, 5) is 28.7. The Morgan fingerprint density at radius 3 is 2.73 bits per heavy atom. The number of amides is 2. The lowest BCUT2D eigenvalue weighted by Gasteiger charge is -2.33. The van der Waals surface area contributed by atoms with Crippen LogP contribution in [0.1, 0.15) is 23.0 Å². The second-order valence-corrected chi connectivity index (χ2v) is 6.62. The largest absolute Gasteiger partial charge is 0.353 e. The van der Waals surface area contributed by atoms with E-state index in [4.69, 9.17) is 0 Å². The number of carbonyl (C=O) groups excluding carboxylic acids is 2. The van der Waals surface area contributed by atoms with Gasteiger partial charge in [0, 0.05) is 32.9 Å². The monoisotopic (exact) mass is 354 g/mol. The summed E-state index contributed by atoms with van der Waals surface area (Å²) in [5, 5.41) is 2.99. The molecule has 0 spiro atoms. The lowest BCUT2D eigenvalue weighted by atomic mass is 10.1. The van der Waals surface area contributed by atoms with Crippen molar-refractivity contribution in [1.29, 1.82) is 0 Å². The van der Waals surface area contributed by atoms with Crippen molar-refractivity contribution in [3.63, 3.8) is 0 Å². The molecule has 1 aromatic carbocycles. The molecule has 0 bridgehead atoms. The number of benzene rings is 1. The first-order valence-corrected chi connectivity index (χ1v) is 9.06. The van der Waals surface area contributed by atoms with Gasteiger partial charge in [-0.05, 0) is 24.2 Å². The molecule has 3 rings (SSSR count). The predicted molar refractivity (Wildman–Crippen MR) is 101 cm³/mol. The molecule has 1 N–H and O–H groups in total. The lowest BCUT2D eigenvalue weighted by molar-refractivity contribution is -0.126. The maximum atomic E-state index is 12.6. The highest BCUT2D eigenvalue weighted by atomic mass is 16.2. The second-order valence-electron chi connectivity index (χ2n) is 6.62. The summed E-state index contributed by atoms with van der Waals surface area (Å²) in [5.74, 6) is -0.211. The van der Waals surface area contributed by atoms with E-state index < -0.39 is 6.04 Å². The minimum absolute atomic E-state index is 0.101. The van der Waals surface area contributed by atoms with Gasteiger partial charge < -0.3 is 14.8 Å². The molecule has 0 saturated heterocycles. The molecule has 6 nitrogen and oxygen atoms in total. The van der Waals surface area contributed by atoms with E-state index in [1.807, 2.05) is 35.0 Å². The summed E-state index contributed by atoms with van der Waals surface area (Å²) < 4.78 is 1.85. The van der Waals surface area contributed by atoms with Gasteiger partial charge in [-0.2, -0.15) is 0 Å². The topological polar surface area (TPSA) is 57.6 Å². The molecule has 138 valence electrons. The number of nitrogens with one attached hydrogen (secondary N) is 1. The van der Waals surface area contributed by atoms with Crippen LogP contribution in [0.15, 0.2) is 48.7 Å². The standard InChI is InChI=1S/C20H26N4O2/c1-3-23(14-16-8-5-4-6-9-16)13-11-21-19(25)18-15-24-12-7-10-17(24)20(26)22(18)2/h4-10,12,18H,3,11,13-15H2,1-2H3,(H,21,25). The van der Waals surface area contributed by atoms with Gasteiger partial charge in [-0.1, -0.05) is 37.3 Å². The second kappa shape index (κ2) is 8.19. The average molecular weight is 354 g/mol. The molecule has 0 aliphatic carbocycles. The van der Waals surface area contributed by atoms with Crippen LogP contribution in [0.25, 0.3) is 0 Å². The molecule has 0 fully saturated rings. The molecule has 1 atom stereocenters. The molecule has 1 aliphatic heterocycles. The Hall–Kier alpha value is -2.60. The molecule has 2 amide bonds. The van der Waals surface area contributed by atoms with E-state index in [9.17, 15) is 9.59 Å². The maximum absolute atomic E-state index is 12.6. The van der Waals surface area contributed by atoms with Crippen molar-refractivity contribution >= 4 is 11.8 Å². The molecular weight excluding hydrogens is 328 g/mol. The maximum Gasteiger partial charge on any atom is 0.270 e. The van der Waals surface area contributed by atoms with Crippen LogP contribution in [0, 0.1) is 0 Å². The van der Waals surface area contributed by atoms with Gasteiger partial charge in [0.05, 0.1) is 6.54 Å². The summed E-state index contributed by atoms with van der Waals surface area (Å²) in [6.45, 7) is 5.73. The van der Waals surface area contributed by atoms with Crippen LogP contribution in [0.4, 0.5) is 0 Å². The number of carbonyl (C=O) groups is 2. The number of nitrogens with zero attached hydrogens (tertiary/aromatic N) is 3. The summed E-state index contributed by atoms with van der Waals surface area (Å²) in [7, 11) is 1.69. The number of rotatable bonds is 7. The van der Waals surface area contributed by atoms with Crippen LogP contribution in [0.2, 0.25) is 0 Å². The Labute approximate surface area is 154 Å². The molecule has 1 aliphatic rings. The minimum Gasteiger partial charge on any atom is -0.353 e. The van der Waals surface area contributed by atoms with Crippen molar-refractivity contribution in [3.8, 4) is 0 Å². The predicted octanol–water partition coefficient (Wildman–Crippen LogP) is 1.58. The molecule has 2 aromatic rings. The van der Waals surface area contributed by atoms with Crippen LogP contribution in [-0.4, -0.2) is 58.9 Å². The zero-order valence-corrected chi connectivity index (χ0v) is 15.4. The molecule has 0 radical (unpaired) electrons. The Bertz CT molecular complexity index is 756. The third kappa shape index (κ3) is 3.96. The van der Waals surface area contributed by atoms with Crippen molar-refractivity contribution in [2.45, 2.75) is 26.1 Å². The Morgan fingerprint density at radius 2 is 2.00 bits per heavy atom. The van der Waals surface area contributed by atoms with Gasteiger partial charge in [-0.15, -0.1) is 0 Å². The highest BCUT2D eigenvalue weighted by Crippen LogP contribution is 2.16. The zero-order valence-electron chi connectivity index (χ0n) is 15.4. The van der Waals surface area contributed by atoms with Crippen molar-refractivity contribution < 1.29 is 9.59 Å². The first kappa shape index (κ1) is 18.2. The van der Waals surface area contributed by atoms with Crippen LogP contribution >= 0.6 is 0 Å². The van der Waals surface area contributed by atoms with Gasteiger partial charge in [0.2, 0.25) is 5.91 Å². The average Bonchev–Trinajstić information content (AvgIpc) is 3.13. The molecule has 6 heteroatoms. The van der Waals surface area contributed by atoms with Gasteiger partial charge in [0.15, 0.2) is 0 Å². The van der Waals surface area contributed by atoms with E-state index in [1.54, 1.807) is 13.1 Å².